The molecule has 0 unspecified atom stereocenters. The Morgan fingerprint density at radius 2 is 1.63 bits per heavy atom. The minimum Gasteiger partial charge on any atom is -0.452 e. The van der Waals surface area contributed by atoms with Crippen LogP contribution in [-0.4, -0.2) is 23.9 Å². The zero-order valence-corrected chi connectivity index (χ0v) is 15.7. The summed E-state index contributed by atoms with van der Waals surface area (Å²) in [6, 6.07) is 16.0. The van der Waals surface area contributed by atoms with E-state index in [4.69, 9.17) is 4.74 Å². The van der Waals surface area contributed by atoms with Gasteiger partial charge >= 0.3 is 5.97 Å². The number of amides is 2. The average Bonchev–Trinajstić information content (AvgIpc) is 2.63. The van der Waals surface area contributed by atoms with Crippen molar-refractivity contribution in [2.75, 3.05) is 5.32 Å². The lowest BCUT2D eigenvalue weighted by molar-refractivity contribution is -0.153. The highest BCUT2D eigenvalue weighted by Gasteiger charge is 2.22. The zero-order valence-electron chi connectivity index (χ0n) is 15.7. The highest BCUT2D eigenvalue weighted by atomic mass is 16.5. The van der Waals surface area contributed by atoms with Crippen LogP contribution in [0.25, 0.3) is 0 Å². The van der Waals surface area contributed by atoms with Crippen LogP contribution < -0.4 is 10.6 Å². The average molecular weight is 368 g/mol. The molecule has 6 heteroatoms. The van der Waals surface area contributed by atoms with Gasteiger partial charge < -0.3 is 15.4 Å². The SMILES string of the molecule is CC(=O)N[C@@H](CC(=O)O[C@H](C)C(=O)Nc1ccc(C)cc1)c1ccccc1. The highest BCUT2D eigenvalue weighted by Crippen LogP contribution is 2.18. The van der Waals surface area contributed by atoms with Crippen molar-refractivity contribution >= 4 is 23.5 Å². The summed E-state index contributed by atoms with van der Waals surface area (Å²) in [5.74, 6) is -1.23. The third kappa shape index (κ3) is 6.58. The maximum Gasteiger partial charge on any atom is 0.309 e. The van der Waals surface area contributed by atoms with E-state index in [9.17, 15) is 14.4 Å². The molecule has 6 nitrogen and oxygen atoms in total. The molecule has 2 atom stereocenters. The predicted octanol–water partition coefficient (Wildman–Crippen LogP) is 3.13. The number of nitrogens with one attached hydrogen (secondary N) is 2. The summed E-state index contributed by atoms with van der Waals surface area (Å²) in [7, 11) is 0. The van der Waals surface area contributed by atoms with Gasteiger partial charge in [-0.1, -0.05) is 48.0 Å². The summed E-state index contributed by atoms with van der Waals surface area (Å²) >= 11 is 0. The monoisotopic (exact) mass is 368 g/mol. The van der Waals surface area contributed by atoms with Crippen LogP contribution in [0.1, 0.15) is 37.4 Å². The van der Waals surface area contributed by atoms with Gasteiger partial charge in [-0.3, -0.25) is 14.4 Å². The summed E-state index contributed by atoms with van der Waals surface area (Å²) in [6.07, 6.45) is -1.02. The molecule has 0 aliphatic heterocycles. The molecule has 2 amide bonds. The summed E-state index contributed by atoms with van der Waals surface area (Å²) in [5, 5.41) is 5.44. The number of anilines is 1. The van der Waals surface area contributed by atoms with Crippen molar-refractivity contribution < 1.29 is 19.1 Å². The second-order valence-corrected chi connectivity index (χ2v) is 6.36. The van der Waals surface area contributed by atoms with E-state index in [1.807, 2.05) is 49.4 Å². The van der Waals surface area contributed by atoms with Gasteiger partial charge in [0.2, 0.25) is 5.91 Å². The van der Waals surface area contributed by atoms with Crippen LogP contribution in [0.3, 0.4) is 0 Å². The number of aryl methyl sites for hydroxylation is 1. The Kier molecular flexibility index (Phi) is 7.11. The highest BCUT2D eigenvalue weighted by molar-refractivity contribution is 5.95. The number of benzene rings is 2. The molecule has 0 fully saturated rings. The number of hydrogen-bond acceptors (Lipinski definition) is 4. The van der Waals surface area contributed by atoms with Gasteiger partial charge in [-0.25, -0.2) is 0 Å². The van der Waals surface area contributed by atoms with Gasteiger partial charge in [0.15, 0.2) is 6.10 Å². The summed E-state index contributed by atoms with van der Waals surface area (Å²) in [5.41, 5.74) is 2.51. The molecule has 0 aliphatic rings. The second kappa shape index (κ2) is 9.52. The van der Waals surface area contributed by atoms with Gasteiger partial charge in [-0.2, -0.15) is 0 Å². The fourth-order valence-electron chi connectivity index (χ4n) is 2.53. The van der Waals surface area contributed by atoms with Gasteiger partial charge in [-0.15, -0.1) is 0 Å². The van der Waals surface area contributed by atoms with E-state index in [2.05, 4.69) is 10.6 Å². The third-order valence-electron chi connectivity index (χ3n) is 3.95. The van der Waals surface area contributed by atoms with Gasteiger partial charge in [0.25, 0.3) is 5.91 Å². The Morgan fingerprint density at radius 1 is 1.00 bits per heavy atom. The Hall–Kier alpha value is -3.15. The summed E-state index contributed by atoms with van der Waals surface area (Å²) in [4.78, 5) is 35.9. The van der Waals surface area contributed by atoms with Crippen LogP contribution in [0.4, 0.5) is 5.69 Å². The van der Waals surface area contributed by atoms with Crippen LogP contribution >= 0.6 is 0 Å². The molecule has 2 aromatic carbocycles. The largest absolute Gasteiger partial charge is 0.452 e. The minimum absolute atomic E-state index is 0.0637. The third-order valence-corrected chi connectivity index (χ3v) is 3.95. The molecule has 2 N–H and O–H groups in total. The summed E-state index contributed by atoms with van der Waals surface area (Å²) < 4.78 is 5.24. The molecular weight excluding hydrogens is 344 g/mol. The van der Waals surface area contributed by atoms with Crippen LogP contribution in [-0.2, 0) is 19.1 Å². The zero-order chi connectivity index (χ0) is 19.8. The van der Waals surface area contributed by atoms with E-state index in [-0.39, 0.29) is 12.3 Å². The number of carbonyl (C=O) groups excluding carboxylic acids is 3. The van der Waals surface area contributed by atoms with Crippen molar-refractivity contribution in [1.82, 2.24) is 5.32 Å². The van der Waals surface area contributed by atoms with Crippen molar-refractivity contribution in [1.29, 1.82) is 0 Å². The van der Waals surface area contributed by atoms with E-state index in [0.29, 0.717) is 5.69 Å². The maximum absolute atomic E-state index is 12.3. The van der Waals surface area contributed by atoms with Crippen molar-refractivity contribution in [2.45, 2.75) is 39.3 Å². The van der Waals surface area contributed by atoms with Gasteiger partial charge in [0, 0.05) is 12.6 Å². The van der Waals surface area contributed by atoms with Crippen LogP contribution in [0.15, 0.2) is 54.6 Å². The van der Waals surface area contributed by atoms with Gasteiger partial charge in [-0.05, 0) is 31.5 Å². The molecule has 0 aliphatic carbocycles. The fourth-order valence-corrected chi connectivity index (χ4v) is 2.53. The molecule has 0 bridgehead atoms. The molecule has 0 aromatic heterocycles. The molecule has 0 radical (unpaired) electrons. The molecular formula is C21H24N2O4. The molecule has 142 valence electrons. The molecule has 2 aromatic rings. The lowest BCUT2D eigenvalue weighted by Gasteiger charge is -2.19. The number of ether oxygens (including phenoxy) is 1. The topological polar surface area (TPSA) is 84.5 Å². The Labute approximate surface area is 158 Å². The molecule has 27 heavy (non-hydrogen) atoms. The first kappa shape index (κ1) is 20.2. The van der Waals surface area contributed by atoms with Crippen molar-refractivity contribution in [3.63, 3.8) is 0 Å². The number of carbonyl (C=O) groups is 3. The van der Waals surface area contributed by atoms with E-state index >= 15 is 0 Å². The Bertz CT molecular complexity index is 788. The Morgan fingerprint density at radius 3 is 2.22 bits per heavy atom. The van der Waals surface area contributed by atoms with Crippen LogP contribution in [0.2, 0.25) is 0 Å². The van der Waals surface area contributed by atoms with E-state index in [0.717, 1.165) is 11.1 Å². The number of esters is 1. The fraction of sp³-hybridized carbons (Fsp3) is 0.286. The second-order valence-electron chi connectivity index (χ2n) is 6.36. The predicted molar refractivity (Wildman–Crippen MR) is 103 cm³/mol. The normalized spacial score (nSPS) is 12.6. The van der Waals surface area contributed by atoms with E-state index in [1.165, 1.54) is 13.8 Å². The molecule has 0 saturated heterocycles. The van der Waals surface area contributed by atoms with E-state index < -0.39 is 24.0 Å². The number of hydrogen-bond donors (Lipinski definition) is 2. The van der Waals surface area contributed by atoms with Crippen molar-refractivity contribution in [3.05, 3.63) is 65.7 Å². The summed E-state index contributed by atoms with van der Waals surface area (Å²) in [6.45, 7) is 4.85. The first-order valence-corrected chi connectivity index (χ1v) is 8.74. The molecule has 2 rings (SSSR count). The minimum atomic E-state index is -0.951. The lowest BCUT2D eigenvalue weighted by Crippen LogP contribution is -2.33. The first-order valence-electron chi connectivity index (χ1n) is 8.74. The van der Waals surface area contributed by atoms with Gasteiger partial charge in [0.05, 0.1) is 12.5 Å². The van der Waals surface area contributed by atoms with Gasteiger partial charge in [0.1, 0.15) is 0 Å². The van der Waals surface area contributed by atoms with Crippen molar-refractivity contribution in [2.24, 2.45) is 0 Å². The van der Waals surface area contributed by atoms with Crippen molar-refractivity contribution in [3.8, 4) is 0 Å². The van der Waals surface area contributed by atoms with Crippen LogP contribution in [0.5, 0.6) is 0 Å². The Balaban J connectivity index is 1.94. The van der Waals surface area contributed by atoms with Crippen LogP contribution in [0, 0.1) is 6.92 Å². The number of rotatable bonds is 7. The molecule has 0 saturated carbocycles. The maximum atomic E-state index is 12.3. The quantitative estimate of drug-likeness (QED) is 0.736. The lowest BCUT2D eigenvalue weighted by atomic mass is 10.0. The molecule has 0 heterocycles. The smallest absolute Gasteiger partial charge is 0.309 e. The molecule has 0 spiro atoms. The standard InChI is InChI=1S/C21H24N2O4/c1-14-9-11-18(12-10-14)23-21(26)15(2)27-20(25)13-19(22-16(3)24)17-7-5-4-6-8-17/h4-12,15,19H,13H2,1-3H3,(H,22,24)(H,23,26)/t15-,19+/m1/s1. The first-order chi connectivity index (χ1) is 12.8. The van der Waals surface area contributed by atoms with E-state index in [1.54, 1.807) is 12.1 Å².